The van der Waals surface area contributed by atoms with Gasteiger partial charge in [-0.2, -0.15) is 0 Å². The van der Waals surface area contributed by atoms with Crippen molar-refractivity contribution in [3.63, 3.8) is 0 Å². The maximum absolute atomic E-state index is 12.2. The van der Waals surface area contributed by atoms with E-state index in [9.17, 15) is 4.79 Å². The molecule has 0 atom stereocenters. The van der Waals surface area contributed by atoms with E-state index >= 15 is 0 Å². The van der Waals surface area contributed by atoms with Gasteiger partial charge in [-0.1, -0.05) is 30.3 Å². The second-order valence-electron chi connectivity index (χ2n) is 5.47. The van der Waals surface area contributed by atoms with Crippen LogP contribution in [-0.4, -0.2) is 5.91 Å². The zero-order chi connectivity index (χ0) is 14.7. The summed E-state index contributed by atoms with van der Waals surface area (Å²) in [5, 5.41) is 2.98. The van der Waals surface area contributed by atoms with E-state index < -0.39 is 0 Å². The Morgan fingerprint density at radius 1 is 1.05 bits per heavy atom. The van der Waals surface area contributed by atoms with Crippen LogP contribution in [0, 0.1) is 0 Å². The number of hydrogen-bond acceptors (Lipinski definition) is 1. The predicted molar refractivity (Wildman–Crippen MR) is 85.6 cm³/mol. The molecule has 0 spiro atoms. The molecule has 1 amide bonds. The van der Waals surface area contributed by atoms with E-state index in [1.807, 2.05) is 36.4 Å². The van der Waals surface area contributed by atoms with Crippen molar-refractivity contribution in [1.82, 2.24) is 5.32 Å². The fourth-order valence-corrected chi connectivity index (χ4v) is 2.99. The lowest BCUT2D eigenvalue weighted by molar-refractivity contribution is 0.0951. The number of benzene rings is 2. The van der Waals surface area contributed by atoms with Crippen molar-refractivity contribution >= 4 is 17.5 Å². The molecule has 1 aliphatic carbocycles. The van der Waals surface area contributed by atoms with Crippen molar-refractivity contribution in [2.45, 2.75) is 31.7 Å². The van der Waals surface area contributed by atoms with Gasteiger partial charge in [-0.05, 0) is 53.6 Å². The number of halogens is 1. The van der Waals surface area contributed by atoms with Gasteiger partial charge in [-0.3, -0.25) is 4.79 Å². The summed E-state index contributed by atoms with van der Waals surface area (Å²) in [4.78, 5) is 12.2. The fourth-order valence-electron chi connectivity index (χ4n) is 2.82. The number of aryl methyl sites for hydroxylation is 2. The number of fused-ring (bicyclic) bond motifs is 1. The van der Waals surface area contributed by atoms with Crippen LogP contribution >= 0.6 is 11.6 Å². The SMILES string of the molecule is O=C(NCc1cccc(CCl)c1)c1ccc2c(c1)CCC2. The molecule has 1 aliphatic rings. The highest BCUT2D eigenvalue weighted by Crippen LogP contribution is 2.22. The molecule has 0 aliphatic heterocycles. The van der Waals surface area contributed by atoms with Crippen molar-refractivity contribution < 1.29 is 4.79 Å². The van der Waals surface area contributed by atoms with Gasteiger partial charge in [-0.25, -0.2) is 0 Å². The third-order valence-electron chi connectivity index (χ3n) is 3.96. The summed E-state index contributed by atoms with van der Waals surface area (Å²) in [6, 6.07) is 14.0. The third kappa shape index (κ3) is 3.27. The largest absolute Gasteiger partial charge is 0.348 e. The first-order chi connectivity index (χ1) is 10.3. The number of nitrogens with one attached hydrogen (secondary N) is 1. The van der Waals surface area contributed by atoms with E-state index in [0.717, 1.165) is 29.5 Å². The van der Waals surface area contributed by atoms with Crippen LogP contribution < -0.4 is 5.32 Å². The number of rotatable bonds is 4. The van der Waals surface area contributed by atoms with Gasteiger partial charge in [-0.15, -0.1) is 11.6 Å². The Bertz CT molecular complexity index is 666. The summed E-state index contributed by atoms with van der Waals surface area (Å²) in [6.07, 6.45) is 3.43. The summed E-state index contributed by atoms with van der Waals surface area (Å²) >= 11 is 5.82. The summed E-state index contributed by atoms with van der Waals surface area (Å²) in [5.74, 6) is 0.480. The molecule has 0 radical (unpaired) electrons. The summed E-state index contributed by atoms with van der Waals surface area (Å²) in [6.45, 7) is 0.528. The van der Waals surface area contributed by atoms with Gasteiger partial charge >= 0.3 is 0 Å². The topological polar surface area (TPSA) is 29.1 Å². The maximum atomic E-state index is 12.2. The van der Waals surface area contributed by atoms with Crippen molar-refractivity contribution in [2.75, 3.05) is 0 Å². The normalized spacial score (nSPS) is 13.0. The fraction of sp³-hybridized carbons (Fsp3) is 0.278. The zero-order valence-corrected chi connectivity index (χ0v) is 12.6. The molecule has 21 heavy (non-hydrogen) atoms. The number of hydrogen-bond donors (Lipinski definition) is 1. The minimum atomic E-state index is -0.0130. The third-order valence-corrected chi connectivity index (χ3v) is 4.27. The Morgan fingerprint density at radius 2 is 1.86 bits per heavy atom. The Labute approximate surface area is 130 Å². The van der Waals surface area contributed by atoms with Gasteiger partial charge in [0.2, 0.25) is 0 Å². The second kappa shape index (κ2) is 6.31. The summed E-state index contributed by atoms with van der Waals surface area (Å²) < 4.78 is 0. The highest BCUT2D eigenvalue weighted by molar-refractivity contribution is 6.17. The Hall–Kier alpha value is -1.80. The van der Waals surface area contributed by atoms with Gasteiger partial charge in [0, 0.05) is 18.0 Å². The number of alkyl halides is 1. The minimum Gasteiger partial charge on any atom is -0.348 e. The molecule has 0 heterocycles. The monoisotopic (exact) mass is 299 g/mol. The van der Waals surface area contributed by atoms with Crippen LogP contribution in [0.4, 0.5) is 0 Å². The highest BCUT2D eigenvalue weighted by atomic mass is 35.5. The molecular formula is C18H18ClNO. The molecular weight excluding hydrogens is 282 g/mol. The molecule has 3 heteroatoms. The molecule has 1 N–H and O–H groups in total. The van der Waals surface area contributed by atoms with Crippen LogP contribution in [0.15, 0.2) is 42.5 Å². The van der Waals surface area contributed by atoms with E-state index in [1.165, 1.54) is 17.5 Å². The van der Waals surface area contributed by atoms with Gasteiger partial charge in [0.05, 0.1) is 0 Å². The summed E-state index contributed by atoms with van der Waals surface area (Å²) in [7, 11) is 0. The number of carbonyl (C=O) groups is 1. The molecule has 0 fully saturated rings. The first kappa shape index (κ1) is 14.2. The molecule has 0 saturated carbocycles. The standard InChI is InChI=1S/C18H18ClNO/c19-11-13-3-1-4-14(9-13)12-20-18(21)17-8-7-15-5-2-6-16(15)10-17/h1,3-4,7-10H,2,5-6,11-12H2,(H,20,21). The van der Waals surface area contributed by atoms with Crippen LogP contribution in [0.2, 0.25) is 0 Å². The van der Waals surface area contributed by atoms with Crippen LogP contribution in [0.5, 0.6) is 0 Å². The van der Waals surface area contributed by atoms with Gasteiger partial charge in [0.1, 0.15) is 0 Å². The van der Waals surface area contributed by atoms with Gasteiger partial charge < -0.3 is 5.32 Å². The highest BCUT2D eigenvalue weighted by Gasteiger charge is 2.13. The van der Waals surface area contributed by atoms with E-state index in [0.29, 0.717) is 12.4 Å². The zero-order valence-electron chi connectivity index (χ0n) is 11.9. The first-order valence-corrected chi connectivity index (χ1v) is 7.83. The molecule has 0 saturated heterocycles. The number of amides is 1. The Morgan fingerprint density at radius 3 is 2.71 bits per heavy atom. The smallest absolute Gasteiger partial charge is 0.251 e. The van der Waals surface area contributed by atoms with Crippen LogP contribution in [-0.2, 0) is 25.3 Å². The number of carbonyl (C=O) groups excluding carboxylic acids is 1. The van der Waals surface area contributed by atoms with E-state index in [2.05, 4.69) is 11.4 Å². The molecule has 2 aromatic rings. The Kier molecular flexibility index (Phi) is 4.26. The second-order valence-corrected chi connectivity index (χ2v) is 5.74. The van der Waals surface area contributed by atoms with Gasteiger partial charge in [0.15, 0.2) is 0 Å². The van der Waals surface area contributed by atoms with Crippen molar-refractivity contribution in [3.05, 3.63) is 70.3 Å². The van der Waals surface area contributed by atoms with Crippen molar-refractivity contribution in [2.24, 2.45) is 0 Å². The van der Waals surface area contributed by atoms with Crippen molar-refractivity contribution in [3.8, 4) is 0 Å². The maximum Gasteiger partial charge on any atom is 0.251 e. The quantitative estimate of drug-likeness (QED) is 0.854. The van der Waals surface area contributed by atoms with Crippen LogP contribution in [0.3, 0.4) is 0 Å². The predicted octanol–water partition coefficient (Wildman–Crippen LogP) is 3.84. The minimum absolute atomic E-state index is 0.0130. The lowest BCUT2D eigenvalue weighted by Gasteiger charge is -2.08. The average molecular weight is 300 g/mol. The van der Waals surface area contributed by atoms with E-state index in [-0.39, 0.29) is 5.91 Å². The van der Waals surface area contributed by atoms with Gasteiger partial charge in [0.25, 0.3) is 5.91 Å². The molecule has 3 rings (SSSR count). The lowest BCUT2D eigenvalue weighted by Crippen LogP contribution is -2.23. The average Bonchev–Trinajstić information content (AvgIpc) is 3.00. The molecule has 2 nitrogen and oxygen atoms in total. The molecule has 0 unspecified atom stereocenters. The molecule has 2 aromatic carbocycles. The molecule has 108 valence electrons. The van der Waals surface area contributed by atoms with E-state index in [4.69, 9.17) is 11.6 Å². The van der Waals surface area contributed by atoms with Crippen LogP contribution in [0.1, 0.15) is 39.0 Å². The van der Waals surface area contributed by atoms with Crippen LogP contribution in [0.25, 0.3) is 0 Å². The Balaban J connectivity index is 1.66. The molecule has 0 bridgehead atoms. The summed E-state index contributed by atoms with van der Waals surface area (Å²) in [5.41, 5.74) is 5.61. The van der Waals surface area contributed by atoms with E-state index in [1.54, 1.807) is 0 Å². The van der Waals surface area contributed by atoms with Crippen molar-refractivity contribution in [1.29, 1.82) is 0 Å². The molecule has 0 aromatic heterocycles. The first-order valence-electron chi connectivity index (χ1n) is 7.30. The lowest BCUT2D eigenvalue weighted by atomic mass is 10.1.